The number of nitro groups is 1. The molecule has 1 aromatic carbocycles. The first kappa shape index (κ1) is 16.6. The minimum Gasteiger partial charge on any atom is -0.450 e. The van der Waals surface area contributed by atoms with Crippen LogP contribution in [-0.4, -0.2) is 29.2 Å². The highest BCUT2D eigenvalue weighted by molar-refractivity contribution is 6.46. The second-order valence-electron chi connectivity index (χ2n) is 3.67. The van der Waals surface area contributed by atoms with E-state index in [1.807, 2.05) is 0 Å². The third-order valence-electron chi connectivity index (χ3n) is 2.17. The zero-order chi connectivity index (χ0) is 16.5. The van der Waals surface area contributed by atoms with Crippen molar-refractivity contribution in [3.8, 4) is 6.07 Å². The largest absolute Gasteiger partial charge is 0.450 e. The molecular weight excluding hydrogens is 294 g/mol. The molecule has 10 heteroatoms. The second kappa shape index (κ2) is 7.95. The van der Waals surface area contributed by atoms with Crippen LogP contribution in [-0.2, 0) is 9.53 Å². The maximum atomic E-state index is 11.5. The Bertz CT molecular complexity index is 664. The zero-order valence-electron chi connectivity index (χ0n) is 11.4. The number of rotatable bonds is 5. The number of nitriles is 1. The van der Waals surface area contributed by atoms with Crippen molar-refractivity contribution < 1.29 is 19.2 Å². The van der Waals surface area contributed by atoms with Crippen molar-refractivity contribution in [3.63, 3.8) is 0 Å². The van der Waals surface area contributed by atoms with Crippen molar-refractivity contribution in [3.05, 3.63) is 34.4 Å². The molecule has 0 aliphatic heterocycles. The van der Waals surface area contributed by atoms with E-state index in [1.165, 1.54) is 30.3 Å². The average Bonchev–Trinajstić information content (AvgIpc) is 2.48. The van der Waals surface area contributed by atoms with Crippen LogP contribution >= 0.6 is 0 Å². The van der Waals surface area contributed by atoms with Gasteiger partial charge < -0.3 is 4.74 Å². The number of non-ortho nitro benzene ring substituents is 1. The van der Waals surface area contributed by atoms with Crippen LogP contribution < -0.4 is 10.7 Å². The van der Waals surface area contributed by atoms with E-state index in [-0.39, 0.29) is 18.0 Å². The molecule has 1 rings (SSSR count). The van der Waals surface area contributed by atoms with Gasteiger partial charge in [-0.05, 0) is 13.0 Å². The number of anilines is 1. The smallest absolute Gasteiger partial charge is 0.414 e. The molecule has 1 aromatic rings. The van der Waals surface area contributed by atoms with Gasteiger partial charge in [0.25, 0.3) is 11.6 Å². The fourth-order valence-corrected chi connectivity index (χ4v) is 1.26. The summed E-state index contributed by atoms with van der Waals surface area (Å²) in [4.78, 5) is 32.6. The van der Waals surface area contributed by atoms with Crippen molar-refractivity contribution in [1.82, 2.24) is 5.32 Å². The summed E-state index contributed by atoms with van der Waals surface area (Å²) >= 11 is 0. The van der Waals surface area contributed by atoms with Crippen LogP contribution in [0.25, 0.3) is 0 Å². The molecule has 0 heterocycles. The van der Waals surface area contributed by atoms with E-state index in [0.29, 0.717) is 0 Å². The Balaban J connectivity index is 2.79. The molecule has 2 N–H and O–H groups in total. The molecule has 0 bridgehead atoms. The number of carbonyl (C=O) groups excluding carboxylic acids is 2. The van der Waals surface area contributed by atoms with Gasteiger partial charge in [0.1, 0.15) is 6.07 Å². The van der Waals surface area contributed by atoms with Gasteiger partial charge in [0, 0.05) is 12.1 Å². The molecule has 0 aliphatic carbocycles. The van der Waals surface area contributed by atoms with Gasteiger partial charge in [0.05, 0.1) is 17.2 Å². The predicted molar refractivity (Wildman–Crippen MR) is 74.9 cm³/mol. The summed E-state index contributed by atoms with van der Waals surface area (Å²) in [5, 5.41) is 24.7. The van der Waals surface area contributed by atoms with E-state index in [4.69, 9.17) is 5.26 Å². The van der Waals surface area contributed by atoms with Crippen LogP contribution in [0.2, 0.25) is 0 Å². The number of nitrogens with one attached hydrogen (secondary N) is 2. The van der Waals surface area contributed by atoms with Crippen molar-refractivity contribution in [1.29, 1.82) is 5.26 Å². The maximum Gasteiger partial charge on any atom is 0.414 e. The van der Waals surface area contributed by atoms with Gasteiger partial charge in [-0.1, -0.05) is 6.07 Å². The Kier molecular flexibility index (Phi) is 5.99. The zero-order valence-corrected chi connectivity index (χ0v) is 11.4. The predicted octanol–water partition coefficient (Wildman–Crippen LogP) is 1.16. The highest BCUT2D eigenvalue weighted by Crippen LogP contribution is 2.16. The molecule has 0 radical (unpaired) electrons. The molecule has 0 saturated heterocycles. The van der Waals surface area contributed by atoms with Gasteiger partial charge in [0.2, 0.25) is 5.71 Å². The number of benzene rings is 1. The fraction of sp³-hybridized carbons (Fsp3) is 0.167. The number of hydrogen-bond donors (Lipinski definition) is 2. The van der Waals surface area contributed by atoms with Crippen molar-refractivity contribution in [2.75, 3.05) is 12.0 Å². The Labute approximate surface area is 124 Å². The highest BCUT2D eigenvalue weighted by Gasteiger charge is 2.15. The molecule has 10 nitrogen and oxygen atoms in total. The topological polar surface area (TPSA) is 147 Å². The van der Waals surface area contributed by atoms with Gasteiger partial charge >= 0.3 is 6.09 Å². The van der Waals surface area contributed by atoms with Crippen LogP contribution in [0, 0.1) is 21.4 Å². The molecule has 0 unspecified atom stereocenters. The first-order chi connectivity index (χ1) is 10.5. The number of hydrogen-bond acceptors (Lipinski definition) is 8. The van der Waals surface area contributed by atoms with E-state index in [9.17, 15) is 19.7 Å². The number of ether oxygens (including phenoxy) is 1. The maximum absolute atomic E-state index is 11.5. The Morgan fingerprint density at radius 3 is 2.82 bits per heavy atom. The highest BCUT2D eigenvalue weighted by atomic mass is 16.6. The third kappa shape index (κ3) is 4.89. The summed E-state index contributed by atoms with van der Waals surface area (Å²) in [5.74, 6) is -1.06. The average molecular weight is 305 g/mol. The molecule has 114 valence electrons. The van der Waals surface area contributed by atoms with E-state index in [2.05, 4.69) is 15.3 Å². The first-order valence-electron chi connectivity index (χ1n) is 5.94. The van der Waals surface area contributed by atoms with Crippen LogP contribution in [0.5, 0.6) is 0 Å². The number of nitro benzene ring substituents is 1. The second-order valence-corrected chi connectivity index (χ2v) is 3.67. The van der Waals surface area contributed by atoms with Crippen LogP contribution in [0.4, 0.5) is 16.2 Å². The summed E-state index contributed by atoms with van der Waals surface area (Å²) in [6.07, 6.45) is -1.01. The number of amides is 2. The molecule has 0 aliphatic rings. The molecule has 0 aromatic heterocycles. The van der Waals surface area contributed by atoms with Crippen molar-refractivity contribution in [2.45, 2.75) is 6.92 Å². The summed E-state index contributed by atoms with van der Waals surface area (Å²) in [6.45, 7) is 1.61. The van der Waals surface area contributed by atoms with Gasteiger partial charge in [-0.25, -0.2) is 4.79 Å². The number of alkyl carbamates (subject to hydrolysis) is 1. The lowest BCUT2D eigenvalue weighted by molar-refractivity contribution is -0.384. The number of nitrogens with zero attached hydrogens (tertiary/aromatic N) is 3. The van der Waals surface area contributed by atoms with Crippen molar-refractivity contribution in [2.24, 2.45) is 5.10 Å². The first-order valence-corrected chi connectivity index (χ1v) is 5.94. The molecule has 0 atom stereocenters. The van der Waals surface area contributed by atoms with E-state index < -0.39 is 22.6 Å². The van der Waals surface area contributed by atoms with Crippen LogP contribution in [0.15, 0.2) is 29.4 Å². The van der Waals surface area contributed by atoms with Gasteiger partial charge in [-0.15, -0.1) is 0 Å². The molecular formula is C12H11N5O5. The lowest BCUT2D eigenvalue weighted by atomic mass is 10.3. The van der Waals surface area contributed by atoms with Crippen LogP contribution in [0.3, 0.4) is 0 Å². The van der Waals surface area contributed by atoms with Gasteiger partial charge in [-0.2, -0.15) is 10.4 Å². The molecule has 2 amide bonds. The summed E-state index contributed by atoms with van der Waals surface area (Å²) in [6, 6.07) is 6.79. The van der Waals surface area contributed by atoms with E-state index in [0.717, 1.165) is 0 Å². The van der Waals surface area contributed by atoms with E-state index >= 15 is 0 Å². The minimum absolute atomic E-state index is 0.0596. The molecule has 0 fully saturated rings. The summed E-state index contributed by atoms with van der Waals surface area (Å²) in [5.41, 5.74) is 1.70. The molecule has 22 heavy (non-hydrogen) atoms. The lowest BCUT2D eigenvalue weighted by Crippen LogP contribution is -2.36. The normalized spacial score (nSPS) is 10.3. The lowest BCUT2D eigenvalue weighted by Gasteiger charge is -2.03. The number of imide groups is 1. The number of carbonyl (C=O) groups is 2. The van der Waals surface area contributed by atoms with Crippen molar-refractivity contribution >= 4 is 29.1 Å². The van der Waals surface area contributed by atoms with E-state index in [1.54, 1.807) is 12.2 Å². The Hall–Kier alpha value is -3.48. The molecule has 0 spiro atoms. The SMILES string of the molecule is CCOC(=O)NC(=O)C(C#N)=NNc1cccc([N+](=O)[O-])c1. The van der Waals surface area contributed by atoms with Crippen LogP contribution in [0.1, 0.15) is 6.92 Å². The monoisotopic (exact) mass is 305 g/mol. The Morgan fingerprint density at radius 1 is 1.50 bits per heavy atom. The fourth-order valence-electron chi connectivity index (χ4n) is 1.26. The van der Waals surface area contributed by atoms with Gasteiger partial charge in [-0.3, -0.25) is 25.7 Å². The standard InChI is InChI=1S/C12H11N5O5/c1-2-22-12(19)14-11(18)10(7-13)16-15-8-4-3-5-9(6-8)17(20)21/h3-6,15H,2H2,1H3,(H,14,18,19). The Morgan fingerprint density at radius 2 is 2.23 bits per heavy atom. The number of hydrazone groups is 1. The minimum atomic E-state index is -1.06. The molecule has 0 saturated carbocycles. The van der Waals surface area contributed by atoms with Gasteiger partial charge in [0.15, 0.2) is 0 Å². The third-order valence-corrected chi connectivity index (χ3v) is 2.17. The quantitative estimate of drug-likeness (QED) is 0.471. The summed E-state index contributed by atoms with van der Waals surface area (Å²) < 4.78 is 4.48. The summed E-state index contributed by atoms with van der Waals surface area (Å²) in [7, 11) is 0.